The fraction of sp³-hybridized carbons (Fsp3) is 0.750. The minimum Gasteiger partial charge on any atom is -0.322 e. The molecular formula is C12H21N3S. The van der Waals surface area contributed by atoms with Crippen molar-refractivity contribution in [2.24, 2.45) is 12.8 Å². The summed E-state index contributed by atoms with van der Waals surface area (Å²) < 4.78 is 1.88. The van der Waals surface area contributed by atoms with E-state index in [1.165, 1.54) is 32.1 Å². The number of nitrogens with two attached hydrogens (primary N) is 1. The summed E-state index contributed by atoms with van der Waals surface area (Å²) in [6.45, 7) is 0. The zero-order valence-electron chi connectivity index (χ0n) is 9.93. The summed E-state index contributed by atoms with van der Waals surface area (Å²) in [5, 5.41) is 5.00. The van der Waals surface area contributed by atoms with Gasteiger partial charge in [-0.25, -0.2) is 0 Å². The molecule has 16 heavy (non-hydrogen) atoms. The Morgan fingerprint density at radius 2 is 2.25 bits per heavy atom. The first kappa shape index (κ1) is 12.0. The van der Waals surface area contributed by atoms with Crippen molar-refractivity contribution in [2.75, 3.05) is 5.75 Å². The van der Waals surface area contributed by atoms with Crippen molar-refractivity contribution in [3.05, 3.63) is 18.0 Å². The van der Waals surface area contributed by atoms with Crippen LogP contribution in [0.1, 0.15) is 43.8 Å². The SMILES string of the molecule is Cn1nccc1C(N)CSC1CCCCC1. The lowest BCUT2D eigenvalue weighted by atomic mass is 10.0. The first-order valence-corrected chi connectivity index (χ1v) is 7.17. The largest absolute Gasteiger partial charge is 0.322 e. The van der Waals surface area contributed by atoms with E-state index < -0.39 is 0 Å². The highest BCUT2D eigenvalue weighted by molar-refractivity contribution is 7.99. The third-order valence-electron chi connectivity index (χ3n) is 3.30. The molecule has 0 aliphatic heterocycles. The standard InChI is InChI=1S/C12H21N3S/c1-15-12(7-8-14-15)11(13)9-16-10-5-3-2-4-6-10/h7-8,10-11H,2-6,9,13H2,1H3. The molecule has 3 nitrogen and oxygen atoms in total. The molecule has 1 aliphatic carbocycles. The van der Waals surface area contributed by atoms with Crippen molar-refractivity contribution in [3.8, 4) is 0 Å². The van der Waals surface area contributed by atoms with Crippen molar-refractivity contribution in [1.82, 2.24) is 9.78 Å². The van der Waals surface area contributed by atoms with Crippen LogP contribution in [0.5, 0.6) is 0 Å². The second-order valence-corrected chi connectivity index (χ2v) is 5.91. The normalized spacial score (nSPS) is 19.9. The molecule has 0 aromatic carbocycles. The van der Waals surface area contributed by atoms with Crippen LogP contribution in [0.2, 0.25) is 0 Å². The lowest BCUT2D eigenvalue weighted by Crippen LogP contribution is -2.19. The van der Waals surface area contributed by atoms with Gasteiger partial charge in [-0.2, -0.15) is 16.9 Å². The van der Waals surface area contributed by atoms with Crippen molar-refractivity contribution in [3.63, 3.8) is 0 Å². The van der Waals surface area contributed by atoms with Gasteiger partial charge in [0, 0.05) is 24.2 Å². The molecule has 1 fully saturated rings. The Morgan fingerprint density at radius 1 is 1.50 bits per heavy atom. The molecule has 1 aromatic heterocycles. The Hall–Kier alpha value is -0.480. The number of rotatable bonds is 4. The molecule has 1 saturated carbocycles. The maximum atomic E-state index is 6.18. The van der Waals surface area contributed by atoms with Crippen molar-refractivity contribution in [2.45, 2.75) is 43.4 Å². The maximum absolute atomic E-state index is 6.18. The number of aromatic nitrogens is 2. The Balaban J connectivity index is 1.79. The maximum Gasteiger partial charge on any atom is 0.0558 e. The van der Waals surface area contributed by atoms with Gasteiger partial charge < -0.3 is 5.73 Å². The third-order valence-corrected chi connectivity index (χ3v) is 4.80. The van der Waals surface area contributed by atoms with E-state index in [1.807, 2.05) is 35.8 Å². The van der Waals surface area contributed by atoms with Crippen LogP contribution in [-0.4, -0.2) is 20.8 Å². The van der Waals surface area contributed by atoms with Crippen LogP contribution < -0.4 is 5.73 Å². The van der Waals surface area contributed by atoms with Gasteiger partial charge in [-0.1, -0.05) is 19.3 Å². The first-order chi connectivity index (χ1) is 7.77. The molecule has 1 aliphatic rings. The summed E-state index contributed by atoms with van der Waals surface area (Å²) in [5.74, 6) is 1.02. The van der Waals surface area contributed by atoms with Crippen LogP contribution in [0.25, 0.3) is 0 Å². The third kappa shape index (κ3) is 3.01. The second kappa shape index (κ2) is 5.73. The average Bonchev–Trinajstić information content (AvgIpc) is 2.74. The van der Waals surface area contributed by atoms with Crippen LogP contribution in [0.3, 0.4) is 0 Å². The van der Waals surface area contributed by atoms with Gasteiger partial charge in [0.05, 0.1) is 11.7 Å². The summed E-state index contributed by atoms with van der Waals surface area (Å²) in [7, 11) is 1.96. The number of aryl methyl sites for hydroxylation is 1. The fourth-order valence-electron chi connectivity index (χ4n) is 2.30. The Bertz CT molecular complexity index is 318. The Kier molecular flexibility index (Phi) is 4.29. The van der Waals surface area contributed by atoms with Gasteiger partial charge in [-0.15, -0.1) is 0 Å². The Morgan fingerprint density at radius 3 is 2.88 bits per heavy atom. The number of hydrogen-bond acceptors (Lipinski definition) is 3. The van der Waals surface area contributed by atoms with Gasteiger partial charge >= 0.3 is 0 Å². The van der Waals surface area contributed by atoms with E-state index in [9.17, 15) is 0 Å². The second-order valence-electron chi connectivity index (χ2n) is 4.58. The molecule has 2 N–H and O–H groups in total. The van der Waals surface area contributed by atoms with Crippen LogP contribution in [0.4, 0.5) is 0 Å². The minimum absolute atomic E-state index is 0.124. The lowest BCUT2D eigenvalue weighted by Gasteiger charge is -2.22. The summed E-state index contributed by atoms with van der Waals surface area (Å²) in [5.41, 5.74) is 7.32. The molecule has 2 rings (SSSR count). The van der Waals surface area contributed by atoms with E-state index in [0.717, 1.165) is 16.7 Å². The first-order valence-electron chi connectivity index (χ1n) is 6.12. The number of hydrogen-bond donors (Lipinski definition) is 1. The predicted molar refractivity (Wildman–Crippen MR) is 69.5 cm³/mol. The highest BCUT2D eigenvalue weighted by atomic mass is 32.2. The van der Waals surface area contributed by atoms with E-state index >= 15 is 0 Å². The van der Waals surface area contributed by atoms with Crippen LogP contribution in [0, 0.1) is 0 Å². The molecule has 1 atom stereocenters. The molecule has 0 amide bonds. The van der Waals surface area contributed by atoms with E-state index in [1.54, 1.807) is 0 Å². The highest BCUT2D eigenvalue weighted by Gasteiger charge is 2.16. The summed E-state index contributed by atoms with van der Waals surface area (Å²) in [6, 6.07) is 2.14. The Labute approximate surface area is 102 Å². The predicted octanol–water partition coefficient (Wildman–Crippen LogP) is 2.49. The fourth-order valence-corrected chi connectivity index (χ4v) is 3.62. The van der Waals surface area contributed by atoms with Gasteiger partial charge in [-0.05, 0) is 18.9 Å². The van der Waals surface area contributed by atoms with Crippen LogP contribution in [-0.2, 0) is 7.05 Å². The monoisotopic (exact) mass is 239 g/mol. The highest BCUT2D eigenvalue weighted by Crippen LogP contribution is 2.30. The van der Waals surface area contributed by atoms with Crippen molar-refractivity contribution >= 4 is 11.8 Å². The molecule has 4 heteroatoms. The molecule has 90 valence electrons. The minimum atomic E-state index is 0.124. The summed E-state index contributed by atoms with van der Waals surface area (Å²) in [6.07, 6.45) is 8.80. The van der Waals surface area contributed by atoms with Crippen LogP contribution in [0.15, 0.2) is 12.3 Å². The molecule has 0 bridgehead atoms. The number of thioether (sulfide) groups is 1. The molecule has 0 radical (unpaired) electrons. The molecule has 1 aromatic rings. The van der Waals surface area contributed by atoms with Gasteiger partial charge in [0.25, 0.3) is 0 Å². The van der Waals surface area contributed by atoms with Crippen LogP contribution >= 0.6 is 11.8 Å². The van der Waals surface area contributed by atoms with Crippen molar-refractivity contribution < 1.29 is 0 Å². The molecule has 0 saturated heterocycles. The van der Waals surface area contributed by atoms with E-state index in [4.69, 9.17) is 5.73 Å². The quantitative estimate of drug-likeness (QED) is 0.878. The van der Waals surface area contributed by atoms with E-state index in [2.05, 4.69) is 5.10 Å². The van der Waals surface area contributed by atoms with Gasteiger partial charge in [0.2, 0.25) is 0 Å². The molecule has 1 unspecified atom stereocenters. The number of nitrogens with zero attached hydrogens (tertiary/aromatic N) is 2. The zero-order valence-corrected chi connectivity index (χ0v) is 10.7. The van der Waals surface area contributed by atoms with E-state index in [0.29, 0.717) is 0 Å². The average molecular weight is 239 g/mol. The zero-order chi connectivity index (χ0) is 11.4. The van der Waals surface area contributed by atoms with Crippen molar-refractivity contribution in [1.29, 1.82) is 0 Å². The summed E-state index contributed by atoms with van der Waals surface area (Å²) >= 11 is 2.05. The van der Waals surface area contributed by atoms with Gasteiger partial charge in [-0.3, -0.25) is 4.68 Å². The van der Waals surface area contributed by atoms with Gasteiger partial charge in [0.15, 0.2) is 0 Å². The lowest BCUT2D eigenvalue weighted by molar-refractivity contribution is 0.515. The molecule has 0 spiro atoms. The van der Waals surface area contributed by atoms with E-state index in [-0.39, 0.29) is 6.04 Å². The molecule has 1 heterocycles. The van der Waals surface area contributed by atoms with Gasteiger partial charge in [0.1, 0.15) is 0 Å². The smallest absolute Gasteiger partial charge is 0.0558 e. The molecular weight excluding hydrogens is 218 g/mol. The topological polar surface area (TPSA) is 43.8 Å². The summed E-state index contributed by atoms with van der Waals surface area (Å²) in [4.78, 5) is 0.